The minimum atomic E-state index is 0.0360. The molecule has 1 aliphatic heterocycles. The summed E-state index contributed by atoms with van der Waals surface area (Å²) in [5, 5.41) is 12.8. The zero-order valence-electron chi connectivity index (χ0n) is 14.0. The van der Waals surface area contributed by atoms with Crippen molar-refractivity contribution in [2.45, 2.75) is 31.9 Å². The SMILES string of the molecule is C[C@@H](CCO)Nc1cc(Cl)ncc1-c1cnc(OC2CCOC2)cn1. The maximum atomic E-state index is 9.08. The number of hydrogen-bond donors (Lipinski definition) is 2. The summed E-state index contributed by atoms with van der Waals surface area (Å²) < 4.78 is 11.0. The Morgan fingerprint density at radius 3 is 2.92 bits per heavy atom. The molecule has 2 atom stereocenters. The molecular weight excluding hydrogens is 344 g/mol. The van der Waals surface area contributed by atoms with E-state index in [1.165, 1.54) is 0 Å². The molecule has 1 unspecified atom stereocenters. The minimum Gasteiger partial charge on any atom is -0.471 e. The standard InChI is InChI=1S/C17H21ClN4O3/c1-11(2-4-23)22-14-6-16(18)20-7-13(14)15-8-21-17(9-19-15)25-12-3-5-24-10-12/h6-9,11-12,23H,2-5,10H2,1H3,(H,20,22)/t11-,12?/m0/s1. The molecule has 0 aromatic carbocycles. The molecule has 0 saturated carbocycles. The van der Waals surface area contributed by atoms with Crippen LogP contribution in [0.5, 0.6) is 5.88 Å². The van der Waals surface area contributed by atoms with Crippen LogP contribution in [0.1, 0.15) is 19.8 Å². The zero-order valence-corrected chi connectivity index (χ0v) is 14.7. The summed E-state index contributed by atoms with van der Waals surface area (Å²) in [7, 11) is 0. The highest BCUT2D eigenvalue weighted by atomic mass is 35.5. The number of nitrogens with zero attached hydrogens (tertiary/aromatic N) is 3. The summed E-state index contributed by atoms with van der Waals surface area (Å²) in [5.41, 5.74) is 2.25. The van der Waals surface area contributed by atoms with Gasteiger partial charge < -0.3 is 19.9 Å². The highest BCUT2D eigenvalue weighted by Gasteiger charge is 2.18. The average molecular weight is 365 g/mol. The number of aliphatic hydroxyl groups excluding tert-OH is 1. The first-order chi connectivity index (χ1) is 12.2. The average Bonchev–Trinajstić information content (AvgIpc) is 3.09. The Morgan fingerprint density at radius 2 is 2.24 bits per heavy atom. The van der Waals surface area contributed by atoms with Crippen molar-refractivity contribution in [2.75, 3.05) is 25.1 Å². The van der Waals surface area contributed by atoms with Crippen molar-refractivity contribution in [1.29, 1.82) is 0 Å². The van der Waals surface area contributed by atoms with Gasteiger partial charge in [0.25, 0.3) is 0 Å². The van der Waals surface area contributed by atoms with E-state index in [9.17, 15) is 0 Å². The van der Waals surface area contributed by atoms with Crippen LogP contribution >= 0.6 is 11.6 Å². The van der Waals surface area contributed by atoms with Crippen LogP contribution < -0.4 is 10.1 Å². The number of halogens is 1. The fourth-order valence-electron chi connectivity index (χ4n) is 2.58. The largest absolute Gasteiger partial charge is 0.471 e. The van der Waals surface area contributed by atoms with Gasteiger partial charge in [0, 0.05) is 36.5 Å². The van der Waals surface area contributed by atoms with E-state index in [4.69, 9.17) is 26.2 Å². The van der Waals surface area contributed by atoms with Crippen LogP contribution in [-0.2, 0) is 4.74 Å². The number of rotatable bonds is 7. The van der Waals surface area contributed by atoms with Crippen LogP contribution in [0.3, 0.4) is 0 Å². The van der Waals surface area contributed by atoms with E-state index >= 15 is 0 Å². The fraction of sp³-hybridized carbons (Fsp3) is 0.471. The van der Waals surface area contributed by atoms with Crippen molar-refractivity contribution in [3.8, 4) is 17.1 Å². The molecular formula is C17H21ClN4O3. The number of hydrogen-bond acceptors (Lipinski definition) is 7. The second kappa shape index (κ2) is 8.42. The van der Waals surface area contributed by atoms with Gasteiger partial charge in [-0.3, -0.25) is 0 Å². The quantitative estimate of drug-likeness (QED) is 0.729. The Balaban J connectivity index is 1.78. The Kier molecular flexibility index (Phi) is 6.01. The number of aromatic nitrogens is 3. The lowest BCUT2D eigenvalue weighted by Gasteiger charge is -2.17. The van der Waals surface area contributed by atoms with E-state index in [-0.39, 0.29) is 18.8 Å². The van der Waals surface area contributed by atoms with Gasteiger partial charge in [0.05, 0.1) is 31.3 Å². The highest BCUT2D eigenvalue weighted by molar-refractivity contribution is 6.29. The highest BCUT2D eigenvalue weighted by Crippen LogP contribution is 2.29. The number of ether oxygens (including phenoxy) is 2. The van der Waals surface area contributed by atoms with E-state index < -0.39 is 0 Å². The van der Waals surface area contributed by atoms with Crippen molar-refractivity contribution in [1.82, 2.24) is 15.0 Å². The van der Waals surface area contributed by atoms with Gasteiger partial charge in [-0.2, -0.15) is 0 Å². The lowest BCUT2D eigenvalue weighted by atomic mass is 10.1. The molecule has 2 aromatic heterocycles. The Hall–Kier alpha value is -1.96. The number of pyridine rings is 1. The van der Waals surface area contributed by atoms with Gasteiger partial charge in [-0.05, 0) is 19.4 Å². The molecule has 25 heavy (non-hydrogen) atoms. The predicted molar refractivity (Wildman–Crippen MR) is 94.9 cm³/mol. The van der Waals surface area contributed by atoms with Crippen LogP contribution in [0, 0.1) is 0 Å². The van der Waals surface area contributed by atoms with E-state index in [0.717, 1.165) is 17.7 Å². The van der Waals surface area contributed by atoms with E-state index in [1.807, 2.05) is 6.92 Å². The molecule has 0 amide bonds. The summed E-state index contributed by atoms with van der Waals surface area (Å²) in [5.74, 6) is 0.476. The van der Waals surface area contributed by atoms with Crippen LogP contribution in [0.25, 0.3) is 11.3 Å². The third-order valence-corrected chi connectivity index (χ3v) is 4.12. The monoisotopic (exact) mass is 364 g/mol. The lowest BCUT2D eigenvalue weighted by molar-refractivity contribution is 0.137. The molecule has 3 heterocycles. The Morgan fingerprint density at radius 1 is 1.36 bits per heavy atom. The van der Waals surface area contributed by atoms with E-state index in [2.05, 4.69) is 20.3 Å². The van der Waals surface area contributed by atoms with Crippen molar-refractivity contribution in [3.05, 3.63) is 29.8 Å². The fourth-order valence-corrected chi connectivity index (χ4v) is 2.74. The van der Waals surface area contributed by atoms with Crippen molar-refractivity contribution >= 4 is 17.3 Å². The Labute approximate surface area is 151 Å². The van der Waals surface area contributed by atoms with Crippen molar-refractivity contribution in [2.24, 2.45) is 0 Å². The predicted octanol–water partition coefficient (Wildman–Crippen LogP) is 2.54. The smallest absolute Gasteiger partial charge is 0.232 e. The minimum absolute atomic E-state index is 0.0360. The molecule has 0 radical (unpaired) electrons. The molecule has 1 saturated heterocycles. The maximum Gasteiger partial charge on any atom is 0.232 e. The number of anilines is 1. The maximum absolute atomic E-state index is 9.08. The first-order valence-corrected chi connectivity index (χ1v) is 8.63. The van der Waals surface area contributed by atoms with Gasteiger partial charge in [-0.15, -0.1) is 0 Å². The van der Waals surface area contributed by atoms with Gasteiger partial charge in [-0.1, -0.05) is 11.6 Å². The molecule has 0 aliphatic carbocycles. The van der Waals surface area contributed by atoms with Gasteiger partial charge in [0.15, 0.2) is 0 Å². The molecule has 134 valence electrons. The number of nitrogens with one attached hydrogen (secondary N) is 1. The molecule has 1 aliphatic rings. The summed E-state index contributed by atoms with van der Waals surface area (Å²) in [6, 6.07) is 1.83. The lowest BCUT2D eigenvalue weighted by Crippen LogP contribution is -2.17. The summed E-state index contributed by atoms with van der Waals surface area (Å²) in [6.45, 7) is 3.40. The zero-order chi connectivity index (χ0) is 17.6. The van der Waals surface area contributed by atoms with Crippen LogP contribution in [0.15, 0.2) is 24.7 Å². The first-order valence-electron chi connectivity index (χ1n) is 8.25. The van der Waals surface area contributed by atoms with Crippen molar-refractivity contribution < 1.29 is 14.6 Å². The van der Waals surface area contributed by atoms with Crippen LogP contribution in [0.2, 0.25) is 5.15 Å². The van der Waals surface area contributed by atoms with Crippen LogP contribution in [0.4, 0.5) is 5.69 Å². The molecule has 2 aromatic rings. The molecule has 0 spiro atoms. The normalized spacial score (nSPS) is 18.1. The van der Waals surface area contributed by atoms with Gasteiger partial charge in [0.2, 0.25) is 5.88 Å². The molecule has 7 nitrogen and oxygen atoms in total. The number of aliphatic hydroxyl groups is 1. The second-order valence-electron chi connectivity index (χ2n) is 5.95. The molecule has 1 fully saturated rings. The third-order valence-electron chi connectivity index (χ3n) is 3.91. The van der Waals surface area contributed by atoms with Gasteiger partial charge in [-0.25, -0.2) is 15.0 Å². The summed E-state index contributed by atoms with van der Waals surface area (Å²) in [6.07, 6.45) is 6.43. The third kappa shape index (κ3) is 4.78. The van der Waals surface area contributed by atoms with E-state index in [0.29, 0.717) is 36.4 Å². The topological polar surface area (TPSA) is 89.4 Å². The van der Waals surface area contributed by atoms with Gasteiger partial charge in [0.1, 0.15) is 11.3 Å². The van der Waals surface area contributed by atoms with Gasteiger partial charge >= 0.3 is 0 Å². The Bertz CT molecular complexity index is 693. The molecule has 0 bridgehead atoms. The second-order valence-corrected chi connectivity index (χ2v) is 6.34. The van der Waals surface area contributed by atoms with Crippen molar-refractivity contribution in [3.63, 3.8) is 0 Å². The van der Waals surface area contributed by atoms with E-state index in [1.54, 1.807) is 24.7 Å². The summed E-state index contributed by atoms with van der Waals surface area (Å²) >= 11 is 6.02. The molecule has 2 N–H and O–H groups in total. The molecule has 8 heteroatoms. The molecule has 3 rings (SSSR count). The van der Waals surface area contributed by atoms with Crippen LogP contribution in [-0.4, -0.2) is 52.0 Å². The summed E-state index contributed by atoms with van der Waals surface area (Å²) in [4.78, 5) is 12.9. The first kappa shape index (κ1) is 17.8.